The van der Waals surface area contributed by atoms with E-state index in [9.17, 15) is 14.7 Å². The Morgan fingerprint density at radius 2 is 2.10 bits per heavy atom. The Labute approximate surface area is 171 Å². The number of hydrogen-bond acceptors (Lipinski definition) is 6. The Morgan fingerprint density at radius 3 is 2.79 bits per heavy atom. The van der Waals surface area contributed by atoms with Gasteiger partial charge in [0.2, 0.25) is 5.91 Å². The third kappa shape index (κ3) is 2.57. The maximum Gasteiger partial charge on any atom is 0.328 e. The molecular formula is C22H29N3O4. The first kappa shape index (κ1) is 19.9. The van der Waals surface area contributed by atoms with Crippen molar-refractivity contribution in [3.05, 3.63) is 42.5 Å². The fourth-order valence-corrected chi connectivity index (χ4v) is 5.28. The predicted molar refractivity (Wildman–Crippen MR) is 109 cm³/mol. The summed E-state index contributed by atoms with van der Waals surface area (Å²) in [6, 6.07) is 6.43. The Hall–Kier alpha value is -2.38. The molecule has 3 aliphatic heterocycles. The van der Waals surface area contributed by atoms with Gasteiger partial charge in [-0.1, -0.05) is 38.1 Å². The van der Waals surface area contributed by atoms with Crippen molar-refractivity contribution >= 4 is 17.6 Å². The summed E-state index contributed by atoms with van der Waals surface area (Å²) in [6.07, 6.45) is 3.36. The van der Waals surface area contributed by atoms with Crippen LogP contribution in [0.15, 0.2) is 36.9 Å². The van der Waals surface area contributed by atoms with Crippen molar-refractivity contribution in [1.29, 1.82) is 0 Å². The molecule has 0 radical (unpaired) electrons. The molecule has 7 nitrogen and oxygen atoms in total. The standard InChI is InChI=1S/C22H29N3O4/c1-5-20(2,3)22-21(28,14-9-6-7-10-15(14)23-22)13-16(24-22)18(26)25-12-8-11-17(25)19(27)29-4/h5-7,9-10,16-17,23-24,28H,1,8,11-13H2,2-4H3/t16-,17-,21+,22-/m0/s1. The number of fused-ring (bicyclic) bond motifs is 3. The quantitative estimate of drug-likeness (QED) is 0.528. The van der Waals surface area contributed by atoms with E-state index in [0.717, 1.165) is 17.7 Å². The van der Waals surface area contributed by atoms with Crippen LogP contribution in [0.4, 0.5) is 5.69 Å². The monoisotopic (exact) mass is 399 g/mol. The summed E-state index contributed by atoms with van der Waals surface area (Å²) < 4.78 is 4.88. The fourth-order valence-electron chi connectivity index (χ4n) is 5.28. The number of hydrogen-bond donors (Lipinski definition) is 3. The molecule has 1 aromatic carbocycles. The minimum absolute atomic E-state index is 0.181. The molecule has 156 valence electrons. The van der Waals surface area contributed by atoms with E-state index < -0.39 is 34.7 Å². The lowest BCUT2D eigenvalue weighted by Gasteiger charge is -2.47. The smallest absolute Gasteiger partial charge is 0.328 e. The molecule has 7 heteroatoms. The van der Waals surface area contributed by atoms with Gasteiger partial charge < -0.3 is 20.1 Å². The Morgan fingerprint density at radius 1 is 1.38 bits per heavy atom. The molecule has 0 bridgehead atoms. The Bertz CT molecular complexity index is 869. The lowest BCUT2D eigenvalue weighted by Crippen LogP contribution is -2.66. The third-order valence-corrected chi connectivity index (χ3v) is 6.99. The first-order valence-corrected chi connectivity index (χ1v) is 10.1. The zero-order valence-electron chi connectivity index (χ0n) is 17.2. The third-order valence-electron chi connectivity index (χ3n) is 6.99. The molecule has 4 rings (SSSR count). The van der Waals surface area contributed by atoms with Crippen molar-refractivity contribution in [1.82, 2.24) is 10.2 Å². The van der Waals surface area contributed by atoms with Crippen LogP contribution in [-0.2, 0) is 19.9 Å². The number of esters is 1. The molecule has 4 atom stereocenters. The number of likely N-dealkylation sites (tertiary alicyclic amines) is 1. The van der Waals surface area contributed by atoms with Crippen LogP contribution < -0.4 is 10.6 Å². The minimum Gasteiger partial charge on any atom is -0.467 e. The number of para-hydroxylation sites is 1. The number of carbonyl (C=O) groups excluding carboxylic acids is 2. The minimum atomic E-state index is -1.30. The average molecular weight is 399 g/mol. The number of aliphatic hydroxyl groups is 1. The molecule has 1 aromatic rings. The summed E-state index contributed by atoms with van der Waals surface area (Å²) in [5.41, 5.74) is -1.27. The van der Waals surface area contributed by atoms with Crippen molar-refractivity contribution in [2.24, 2.45) is 5.41 Å². The number of nitrogens with one attached hydrogen (secondary N) is 2. The normalized spacial score (nSPS) is 33.0. The van der Waals surface area contributed by atoms with Crippen LogP contribution in [0.3, 0.4) is 0 Å². The van der Waals surface area contributed by atoms with Gasteiger partial charge in [0.15, 0.2) is 0 Å². The summed E-state index contributed by atoms with van der Waals surface area (Å²) in [5.74, 6) is -0.573. The summed E-state index contributed by atoms with van der Waals surface area (Å²) in [6.45, 7) is 8.45. The second kappa shape index (κ2) is 6.57. The van der Waals surface area contributed by atoms with Gasteiger partial charge in [-0.2, -0.15) is 0 Å². The summed E-state index contributed by atoms with van der Waals surface area (Å²) in [5, 5.41) is 18.8. The fraction of sp³-hybridized carbons (Fsp3) is 0.545. The number of carbonyl (C=O) groups is 2. The van der Waals surface area contributed by atoms with Crippen LogP contribution in [0.5, 0.6) is 0 Å². The lowest BCUT2D eigenvalue weighted by atomic mass is 9.69. The predicted octanol–water partition coefficient (Wildman–Crippen LogP) is 1.73. The van der Waals surface area contributed by atoms with E-state index in [0.29, 0.717) is 13.0 Å². The number of methoxy groups -OCH3 is 1. The van der Waals surface area contributed by atoms with Crippen LogP contribution in [0.1, 0.15) is 38.7 Å². The summed E-state index contributed by atoms with van der Waals surface area (Å²) >= 11 is 0. The molecule has 0 unspecified atom stereocenters. The van der Waals surface area contributed by atoms with Crippen LogP contribution >= 0.6 is 0 Å². The molecule has 1 amide bonds. The van der Waals surface area contributed by atoms with Gasteiger partial charge >= 0.3 is 5.97 Å². The molecule has 3 aliphatic rings. The molecule has 0 aromatic heterocycles. The summed E-state index contributed by atoms with van der Waals surface area (Å²) in [4.78, 5) is 27.1. The van der Waals surface area contributed by atoms with Crippen molar-refractivity contribution in [3.63, 3.8) is 0 Å². The van der Waals surface area contributed by atoms with Crippen molar-refractivity contribution in [2.45, 2.75) is 56.5 Å². The van der Waals surface area contributed by atoms with Gasteiger partial charge in [0.1, 0.15) is 17.3 Å². The van der Waals surface area contributed by atoms with E-state index in [1.54, 1.807) is 11.0 Å². The molecule has 2 saturated heterocycles. The van der Waals surface area contributed by atoms with E-state index in [1.807, 2.05) is 38.1 Å². The molecule has 0 spiro atoms. The number of anilines is 1. The molecule has 29 heavy (non-hydrogen) atoms. The lowest BCUT2D eigenvalue weighted by molar-refractivity contribution is -0.151. The molecule has 2 fully saturated rings. The average Bonchev–Trinajstić information content (AvgIpc) is 3.37. The largest absolute Gasteiger partial charge is 0.467 e. The second-order valence-electron chi connectivity index (χ2n) is 8.82. The number of amides is 1. The first-order valence-electron chi connectivity index (χ1n) is 10.1. The highest BCUT2D eigenvalue weighted by Gasteiger charge is 2.69. The topological polar surface area (TPSA) is 90.9 Å². The van der Waals surface area contributed by atoms with Crippen LogP contribution in [0, 0.1) is 5.41 Å². The number of benzene rings is 1. The molecule has 3 N–H and O–H groups in total. The zero-order chi connectivity index (χ0) is 21.0. The van der Waals surface area contributed by atoms with E-state index in [-0.39, 0.29) is 12.3 Å². The molecular weight excluding hydrogens is 370 g/mol. The second-order valence-corrected chi connectivity index (χ2v) is 8.82. The van der Waals surface area contributed by atoms with Crippen LogP contribution in [0.2, 0.25) is 0 Å². The maximum absolute atomic E-state index is 13.4. The van der Waals surface area contributed by atoms with Crippen molar-refractivity contribution in [2.75, 3.05) is 19.0 Å². The zero-order valence-corrected chi connectivity index (χ0v) is 17.2. The Balaban J connectivity index is 1.71. The van der Waals surface area contributed by atoms with Gasteiger partial charge in [0.05, 0.1) is 13.2 Å². The first-order chi connectivity index (χ1) is 13.7. The van der Waals surface area contributed by atoms with Crippen LogP contribution in [-0.4, -0.2) is 53.3 Å². The number of ether oxygens (including phenoxy) is 1. The van der Waals surface area contributed by atoms with Crippen LogP contribution in [0.25, 0.3) is 0 Å². The van der Waals surface area contributed by atoms with E-state index in [1.165, 1.54) is 7.11 Å². The van der Waals surface area contributed by atoms with Gasteiger partial charge in [0, 0.05) is 29.6 Å². The number of nitrogens with zero attached hydrogens (tertiary/aromatic N) is 1. The maximum atomic E-state index is 13.4. The van der Waals surface area contributed by atoms with Gasteiger partial charge in [-0.15, -0.1) is 6.58 Å². The summed E-state index contributed by atoms with van der Waals surface area (Å²) in [7, 11) is 1.34. The highest BCUT2D eigenvalue weighted by molar-refractivity contribution is 5.89. The van der Waals surface area contributed by atoms with Crippen molar-refractivity contribution < 1.29 is 19.4 Å². The van der Waals surface area contributed by atoms with Gasteiger partial charge in [-0.3, -0.25) is 10.1 Å². The van der Waals surface area contributed by atoms with E-state index in [4.69, 9.17) is 4.74 Å². The van der Waals surface area contributed by atoms with E-state index in [2.05, 4.69) is 17.2 Å². The SMILES string of the molecule is C=CC(C)(C)[C@@]12Nc3ccccc3[C@]1(O)C[C@@H](C(=O)N1CCC[C@H]1C(=O)OC)N2. The van der Waals surface area contributed by atoms with Crippen molar-refractivity contribution in [3.8, 4) is 0 Å². The van der Waals surface area contributed by atoms with Gasteiger partial charge in [-0.05, 0) is 18.9 Å². The van der Waals surface area contributed by atoms with Gasteiger partial charge in [-0.25, -0.2) is 4.79 Å². The molecule has 0 saturated carbocycles. The van der Waals surface area contributed by atoms with E-state index >= 15 is 0 Å². The Kier molecular flexibility index (Phi) is 4.51. The highest BCUT2D eigenvalue weighted by atomic mass is 16.5. The molecule has 3 heterocycles. The number of rotatable bonds is 4. The molecule has 0 aliphatic carbocycles. The highest BCUT2D eigenvalue weighted by Crippen LogP contribution is 2.58. The van der Waals surface area contributed by atoms with Gasteiger partial charge in [0.25, 0.3) is 0 Å².